The predicted octanol–water partition coefficient (Wildman–Crippen LogP) is 3.43. The van der Waals surface area contributed by atoms with Crippen LogP contribution in [0.5, 0.6) is 0 Å². The number of carbonyl (C=O) groups is 1. The van der Waals surface area contributed by atoms with Crippen LogP contribution in [0.15, 0.2) is 22.7 Å². The number of aromatic carboxylic acids is 1. The van der Waals surface area contributed by atoms with Gasteiger partial charge in [0, 0.05) is 17.1 Å². The van der Waals surface area contributed by atoms with Gasteiger partial charge in [0.1, 0.15) is 0 Å². The van der Waals surface area contributed by atoms with Crippen molar-refractivity contribution in [2.75, 3.05) is 0 Å². The lowest BCUT2D eigenvalue weighted by atomic mass is 10.1. The van der Waals surface area contributed by atoms with E-state index in [0.29, 0.717) is 11.6 Å². The van der Waals surface area contributed by atoms with Crippen LogP contribution in [0, 0.1) is 0 Å². The molecule has 17 heavy (non-hydrogen) atoms. The highest BCUT2D eigenvalue weighted by molar-refractivity contribution is 9.10. The average molecular weight is 300 g/mol. The van der Waals surface area contributed by atoms with Crippen molar-refractivity contribution in [3.05, 3.63) is 33.8 Å². The zero-order chi connectivity index (χ0) is 12.8. The third-order valence-corrected chi connectivity index (χ3v) is 3.40. The molecular formula is C13H18BrNO2. The molecular weight excluding hydrogens is 282 g/mol. The first kappa shape index (κ1) is 14.2. The smallest absolute Gasteiger partial charge is 0.335 e. The molecule has 3 nitrogen and oxygen atoms in total. The van der Waals surface area contributed by atoms with Gasteiger partial charge in [0.15, 0.2) is 0 Å². The fourth-order valence-electron chi connectivity index (χ4n) is 1.64. The summed E-state index contributed by atoms with van der Waals surface area (Å²) < 4.78 is 0.841. The fraction of sp³-hybridized carbons (Fsp3) is 0.462. The van der Waals surface area contributed by atoms with Crippen LogP contribution in [0.2, 0.25) is 0 Å². The highest BCUT2D eigenvalue weighted by Crippen LogP contribution is 2.19. The van der Waals surface area contributed by atoms with Crippen LogP contribution in [0.3, 0.4) is 0 Å². The van der Waals surface area contributed by atoms with Crippen LogP contribution in [-0.4, -0.2) is 17.1 Å². The average Bonchev–Trinajstić information content (AvgIpc) is 2.27. The van der Waals surface area contributed by atoms with Crippen molar-refractivity contribution in [1.29, 1.82) is 0 Å². The Morgan fingerprint density at radius 3 is 2.76 bits per heavy atom. The van der Waals surface area contributed by atoms with Crippen LogP contribution in [-0.2, 0) is 6.54 Å². The molecule has 0 fully saturated rings. The zero-order valence-corrected chi connectivity index (χ0v) is 11.8. The molecule has 4 heteroatoms. The molecule has 2 N–H and O–H groups in total. The highest BCUT2D eigenvalue weighted by Gasteiger charge is 2.07. The SMILES string of the molecule is CCCC(C)NCc1ccc(C(=O)O)cc1Br. The Labute approximate surface area is 110 Å². The van der Waals surface area contributed by atoms with Gasteiger partial charge in [-0.1, -0.05) is 35.3 Å². The molecule has 0 bridgehead atoms. The second-order valence-corrected chi connectivity index (χ2v) is 5.04. The molecule has 0 heterocycles. The van der Waals surface area contributed by atoms with Crippen molar-refractivity contribution in [3.63, 3.8) is 0 Å². The van der Waals surface area contributed by atoms with Crippen molar-refractivity contribution in [3.8, 4) is 0 Å². The first-order chi connectivity index (χ1) is 8.04. The Hall–Kier alpha value is -0.870. The maximum Gasteiger partial charge on any atom is 0.335 e. The summed E-state index contributed by atoms with van der Waals surface area (Å²) in [5.74, 6) is -0.899. The number of hydrogen-bond acceptors (Lipinski definition) is 2. The molecule has 0 radical (unpaired) electrons. The lowest BCUT2D eigenvalue weighted by molar-refractivity contribution is 0.0697. The van der Waals surface area contributed by atoms with E-state index in [4.69, 9.17) is 5.11 Å². The summed E-state index contributed by atoms with van der Waals surface area (Å²) in [6.45, 7) is 5.07. The number of rotatable bonds is 6. The van der Waals surface area contributed by atoms with Gasteiger partial charge in [-0.05, 0) is 31.0 Å². The van der Waals surface area contributed by atoms with Crippen LogP contribution in [0.4, 0.5) is 0 Å². The second-order valence-electron chi connectivity index (χ2n) is 4.18. The highest BCUT2D eigenvalue weighted by atomic mass is 79.9. The van der Waals surface area contributed by atoms with Crippen molar-refractivity contribution in [2.24, 2.45) is 0 Å². The molecule has 94 valence electrons. The summed E-state index contributed by atoms with van der Waals surface area (Å²) in [6.07, 6.45) is 2.30. The molecule has 1 atom stereocenters. The van der Waals surface area contributed by atoms with Crippen LogP contribution >= 0.6 is 15.9 Å². The summed E-state index contributed by atoms with van der Waals surface area (Å²) in [7, 11) is 0. The van der Waals surface area contributed by atoms with Crippen molar-refractivity contribution >= 4 is 21.9 Å². The van der Waals surface area contributed by atoms with Crippen molar-refractivity contribution in [1.82, 2.24) is 5.32 Å². The summed E-state index contributed by atoms with van der Waals surface area (Å²) in [5.41, 5.74) is 1.39. The second kappa shape index (κ2) is 6.77. The lowest BCUT2D eigenvalue weighted by Gasteiger charge is -2.13. The van der Waals surface area contributed by atoms with Crippen molar-refractivity contribution < 1.29 is 9.90 Å². The number of nitrogens with one attached hydrogen (secondary N) is 1. The Morgan fingerprint density at radius 2 is 2.24 bits per heavy atom. The molecule has 0 aliphatic carbocycles. The molecule has 1 aromatic rings. The number of benzene rings is 1. The predicted molar refractivity (Wildman–Crippen MR) is 72.3 cm³/mol. The van der Waals surface area contributed by atoms with E-state index in [0.717, 1.165) is 29.4 Å². The quantitative estimate of drug-likeness (QED) is 0.846. The molecule has 0 aliphatic rings. The van der Waals surface area contributed by atoms with Gasteiger partial charge in [-0.3, -0.25) is 0 Å². The minimum Gasteiger partial charge on any atom is -0.478 e. The number of hydrogen-bond donors (Lipinski definition) is 2. The monoisotopic (exact) mass is 299 g/mol. The summed E-state index contributed by atoms with van der Waals surface area (Å²) in [4.78, 5) is 10.8. The molecule has 1 unspecified atom stereocenters. The van der Waals surface area contributed by atoms with E-state index < -0.39 is 5.97 Å². The first-order valence-corrected chi connectivity index (χ1v) is 6.59. The van der Waals surface area contributed by atoms with Gasteiger partial charge in [0.2, 0.25) is 0 Å². The van der Waals surface area contributed by atoms with Gasteiger partial charge in [0.05, 0.1) is 5.56 Å². The minimum atomic E-state index is -0.899. The molecule has 0 spiro atoms. The molecule has 0 saturated carbocycles. The fourth-order valence-corrected chi connectivity index (χ4v) is 2.16. The maximum absolute atomic E-state index is 10.8. The molecule has 1 rings (SSSR count). The third-order valence-electron chi connectivity index (χ3n) is 2.66. The van der Waals surface area contributed by atoms with E-state index in [-0.39, 0.29) is 0 Å². The van der Waals surface area contributed by atoms with Crippen LogP contribution < -0.4 is 5.32 Å². The largest absolute Gasteiger partial charge is 0.478 e. The van der Waals surface area contributed by atoms with Gasteiger partial charge in [-0.25, -0.2) is 4.79 Å². The van der Waals surface area contributed by atoms with E-state index in [2.05, 4.69) is 35.1 Å². The maximum atomic E-state index is 10.8. The molecule has 0 amide bonds. The van der Waals surface area contributed by atoms with E-state index in [1.165, 1.54) is 0 Å². The van der Waals surface area contributed by atoms with Crippen LogP contribution in [0.1, 0.15) is 42.6 Å². The Kier molecular flexibility index (Phi) is 5.65. The zero-order valence-electron chi connectivity index (χ0n) is 10.2. The number of carboxylic acid groups (broad SMARTS) is 1. The van der Waals surface area contributed by atoms with E-state index in [1.807, 2.05) is 6.07 Å². The van der Waals surface area contributed by atoms with Gasteiger partial charge in [-0.2, -0.15) is 0 Å². The normalized spacial score (nSPS) is 12.4. The summed E-state index contributed by atoms with van der Waals surface area (Å²) in [6, 6.07) is 5.60. The minimum absolute atomic E-state index is 0.308. The summed E-state index contributed by atoms with van der Waals surface area (Å²) in [5, 5.41) is 12.3. The third kappa shape index (κ3) is 4.48. The van der Waals surface area contributed by atoms with E-state index in [9.17, 15) is 4.79 Å². The Morgan fingerprint density at radius 1 is 1.53 bits per heavy atom. The van der Waals surface area contributed by atoms with Gasteiger partial charge in [-0.15, -0.1) is 0 Å². The molecule has 0 aromatic heterocycles. The Bertz CT molecular complexity index is 393. The Balaban J connectivity index is 2.63. The van der Waals surface area contributed by atoms with Gasteiger partial charge < -0.3 is 10.4 Å². The first-order valence-electron chi connectivity index (χ1n) is 5.79. The molecule has 0 saturated heterocycles. The van der Waals surface area contributed by atoms with E-state index in [1.54, 1.807) is 12.1 Å². The molecule has 0 aliphatic heterocycles. The van der Waals surface area contributed by atoms with Gasteiger partial charge in [0.25, 0.3) is 0 Å². The number of halogens is 1. The number of carboxylic acids is 1. The van der Waals surface area contributed by atoms with E-state index >= 15 is 0 Å². The van der Waals surface area contributed by atoms with Gasteiger partial charge >= 0.3 is 5.97 Å². The summed E-state index contributed by atoms with van der Waals surface area (Å²) >= 11 is 3.40. The topological polar surface area (TPSA) is 49.3 Å². The van der Waals surface area contributed by atoms with Crippen LogP contribution in [0.25, 0.3) is 0 Å². The molecule has 1 aromatic carbocycles. The standard InChI is InChI=1S/C13H18BrNO2/c1-3-4-9(2)15-8-11-6-5-10(13(16)17)7-12(11)14/h5-7,9,15H,3-4,8H2,1-2H3,(H,16,17). The lowest BCUT2D eigenvalue weighted by Crippen LogP contribution is -2.25. The van der Waals surface area contributed by atoms with Crippen molar-refractivity contribution in [2.45, 2.75) is 39.3 Å².